The minimum atomic E-state index is -1.28. The highest BCUT2D eigenvalue weighted by atomic mass is 16.5. The summed E-state index contributed by atoms with van der Waals surface area (Å²) in [5, 5.41) is 22.1. The van der Waals surface area contributed by atoms with Crippen LogP contribution in [0.25, 0.3) is 0 Å². The molecule has 10 heteroatoms. The SMILES string of the molecule is CCC[C@H](NC(=O)CC[C@@H]1CCCC[C@@H]1NC(=O)C(NC(=O)OCc1ccccc1)C(C)(C)C)C(O)C(=O)NC1CC1. The van der Waals surface area contributed by atoms with Crippen LogP contribution in [-0.4, -0.2) is 59.2 Å². The number of nitrogens with one attached hydrogen (secondary N) is 4. The fraction of sp³-hybridized carbons (Fsp3) is 0.688. The van der Waals surface area contributed by atoms with Gasteiger partial charge in [0.05, 0.1) is 6.04 Å². The van der Waals surface area contributed by atoms with E-state index in [1.807, 2.05) is 58.0 Å². The van der Waals surface area contributed by atoms with Crippen LogP contribution in [0, 0.1) is 11.3 Å². The largest absolute Gasteiger partial charge is 0.445 e. The van der Waals surface area contributed by atoms with Crippen LogP contribution >= 0.6 is 0 Å². The second kappa shape index (κ2) is 15.9. The number of carbonyl (C=O) groups is 4. The van der Waals surface area contributed by atoms with Crippen molar-refractivity contribution in [3.63, 3.8) is 0 Å². The van der Waals surface area contributed by atoms with E-state index in [1.54, 1.807) is 0 Å². The molecule has 0 saturated heterocycles. The Labute approximate surface area is 250 Å². The van der Waals surface area contributed by atoms with Gasteiger partial charge in [0.1, 0.15) is 12.6 Å². The lowest BCUT2D eigenvalue weighted by Crippen LogP contribution is -2.56. The molecule has 1 aromatic rings. The molecule has 0 aliphatic heterocycles. The summed E-state index contributed by atoms with van der Waals surface area (Å²) >= 11 is 0. The monoisotopic (exact) mass is 586 g/mol. The predicted octanol–water partition coefficient (Wildman–Crippen LogP) is 3.71. The molecule has 42 heavy (non-hydrogen) atoms. The number of benzene rings is 1. The van der Waals surface area contributed by atoms with Crippen LogP contribution in [0.15, 0.2) is 30.3 Å². The highest BCUT2D eigenvalue weighted by molar-refractivity contribution is 5.86. The highest BCUT2D eigenvalue weighted by Gasteiger charge is 2.37. The molecular weight excluding hydrogens is 536 g/mol. The van der Waals surface area contributed by atoms with Crippen LogP contribution in [0.3, 0.4) is 0 Å². The molecule has 0 aromatic heterocycles. The molecule has 2 saturated carbocycles. The Balaban J connectivity index is 1.53. The Hall–Kier alpha value is -3.14. The standard InChI is InChI=1S/C32H50N4O6/c1-5-11-25(27(38)29(39)33-23-17-18-23)34-26(37)19-16-22-14-9-10-15-24(22)35-30(40)28(32(2,3)4)36-31(41)42-20-21-12-7-6-8-13-21/h6-8,12-13,22-25,27-28,38H,5,9-11,14-20H2,1-4H3,(H,33,39)(H,34,37)(H,35,40)(H,36,41)/t22-,24-,25-,27?,28?/m0/s1. The number of amides is 4. The fourth-order valence-electron chi connectivity index (χ4n) is 5.48. The maximum atomic E-state index is 13.5. The Morgan fingerprint density at radius 2 is 1.64 bits per heavy atom. The molecule has 0 spiro atoms. The smallest absolute Gasteiger partial charge is 0.408 e. The first-order valence-electron chi connectivity index (χ1n) is 15.5. The molecule has 2 unspecified atom stereocenters. The number of alkyl carbamates (subject to hydrolysis) is 1. The summed E-state index contributed by atoms with van der Waals surface area (Å²) in [5.41, 5.74) is 0.302. The van der Waals surface area contributed by atoms with E-state index < -0.39 is 35.6 Å². The summed E-state index contributed by atoms with van der Waals surface area (Å²) in [4.78, 5) is 51.3. The average Bonchev–Trinajstić information content (AvgIpc) is 3.77. The van der Waals surface area contributed by atoms with Crippen LogP contribution in [0.5, 0.6) is 0 Å². The van der Waals surface area contributed by atoms with Crippen molar-refractivity contribution < 1.29 is 29.0 Å². The third kappa shape index (κ3) is 10.9. The summed E-state index contributed by atoms with van der Waals surface area (Å²) in [6, 6.07) is 7.93. The van der Waals surface area contributed by atoms with Gasteiger partial charge in [0, 0.05) is 18.5 Å². The van der Waals surface area contributed by atoms with Crippen LogP contribution in [-0.2, 0) is 25.7 Å². The molecule has 1 aromatic carbocycles. The van der Waals surface area contributed by atoms with Crippen LogP contribution < -0.4 is 21.3 Å². The summed E-state index contributed by atoms with van der Waals surface area (Å²) in [5.74, 6) is -0.810. The Kier molecular flexibility index (Phi) is 12.6. The lowest BCUT2D eigenvalue weighted by Gasteiger charge is -2.36. The number of aliphatic hydroxyl groups is 1. The van der Waals surface area contributed by atoms with Crippen LogP contribution in [0.4, 0.5) is 4.79 Å². The summed E-state index contributed by atoms with van der Waals surface area (Å²) in [6.45, 7) is 7.73. The quantitative estimate of drug-likeness (QED) is 0.225. The van der Waals surface area contributed by atoms with Crippen molar-refractivity contribution in [2.45, 2.75) is 129 Å². The van der Waals surface area contributed by atoms with Gasteiger partial charge in [0.15, 0.2) is 6.10 Å². The first kappa shape index (κ1) is 33.4. The highest BCUT2D eigenvalue weighted by Crippen LogP contribution is 2.29. The van der Waals surface area contributed by atoms with Gasteiger partial charge in [-0.25, -0.2) is 4.79 Å². The van der Waals surface area contributed by atoms with Gasteiger partial charge in [0.2, 0.25) is 11.8 Å². The van der Waals surface area contributed by atoms with E-state index in [1.165, 1.54) is 0 Å². The molecule has 5 atom stereocenters. The third-order valence-electron chi connectivity index (χ3n) is 8.10. The first-order valence-corrected chi connectivity index (χ1v) is 15.5. The number of aliphatic hydroxyl groups excluding tert-OH is 1. The second-order valence-electron chi connectivity index (χ2n) is 12.9. The zero-order valence-corrected chi connectivity index (χ0v) is 25.6. The summed E-state index contributed by atoms with van der Waals surface area (Å²) in [6.07, 6.45) is 5.62. The molecule has 0 heterocycles. The van der Waals surface area contributed by atoms with E-state index in [9.17, 15) is 24.3 Å². The van der Waals surface area contributed by atoms with Crippen molar-refractivity contribution in [2.24, 2.45) is 11.3 Å². The maximum Gasteiger partial charge on any atom is 0.408 e. The van der Waals surface area contributed by atoms with E-state index in [2.05, 4.69) is 21.3 Å². The van der Waals surface area contributed by atoms with Gasteiger partial charge in [-0.2, -0.15) is 0 Å². The van der Waals surface area contributed by atoms with Crippen molar-refractivity contribution in [1.29, 1.82) is 0 Å². The summed E-state index contributed by atoms with van der Waals surface area (Å²) < 4.78 is 5.36. The molecule has 3 rings (SSSR count). The molecule has 234 valence electrons. The van der Waals surface area contributed by atoms with Crippen molar-refractivity contribution in [1.82, 2.24) is 21.3 Å². The second-order valence-corrected chi connectivity index (χ2v) is 12.9. The minimum Gasteiger partial charge on any atom is -0.445 e. The van der Waals surface area contributed by atoms with Gasteiger partial charge < -0.3 is 31.1 Å². The number of carbonyl (C=O) groups excluding carboxylic acids is 4. The van der Waals surface area contributed by atoms with Crippen LogP contribution in [0.2, 0.25) is 0 Å². The lowest BCUT2D eigenvalue weighted by atomic mass is 9.80. The molecule has 2 aliphatic rings. The van der Waals surface area contributed by atoms with Gasteiger partial charge in [-0.15, -0.1) is 0 Å². The molecule has 0 radical (unpaired) electrons. The molecular formula is C32H50N4O6. The number of rotatable bonds is 14. The molecule has 0 bridgehead atoms. The molecule has 4 amide bonds. The normalized spacial score (nSPS) is 20.9. The van der Waals surface area contributed by atoms with E-state index in [-0.39, 0.29) is 42.8 Å². The van der Waals surface area contributed by atoms with Crippen molar-refractivity contribution >= 4 is 23.8 Å². The Morgan fingerprint density at radius 3 is 2.29 bits per heavy atom. The topological polar surface area (TPSA) is 146 Å². The zero-order valence-electron chi connectivity index (χ0n) is 25.6. The minimum absolute atomic E-state index is 0.104. The fourth-order valence-corrected chi connectivity index (χ4v) is 5.48. The van der Waals surface area contributed by atoms with Crippen molar-refractivity contribution in [2.75, 3.05) is 0 Å². The Bertz CT molecular complexity index is 1040. The number of hydrogen-bond donors (Lipinski definition) is 5. The van der Waals surface area contributed by atoms with Gasteiger partial charge in [-0.3, -0.25) is 14.4 Å². The van der Waals surface area contributed by atoms with E-state index in [0.717, 1.165) is 50.5 Å². The average molecular weight is 587 g/mol. The molecule has 10 nitrogen and oxygen atoms in total. The van der Waals surface area contributed by atoms with Crippen molar-refractivity contribution in [3.8, 4) is 0 Å². The first-order chi connectivity index (χ1) is 20.0. The van der Waals surface area contributed by atoms with Gasteiger partial charge in [0.25, 0.3) is 5.91 Å². The van der Waals surface area contributed by atoms with E-state index in [0.29, 0.717) is 12.8 Å². The van der Waals surface area contributed by atoms with Crippen LogP contribution in [0.1, 0.15) is 97.5 Å². The van der Waals surface area contributed by atoms with E-state index >= 15 is 0 Å². The third-order valence-corrected chi connectivity index (χ3v) is 8.10. The lowest BCUT2D eigenvalue weighted by molar-refractivity contribution is -0.132. The van der Waals surface area contributed by atoms with Gasteiger partial charge in [-0.1, -0.05) is 77.3 Å². The predicted molar refractivity (Wildman–Crippen MR) is 160 cm³/mol. The number of hydrogen-bond acceptors (Lipinski definition) is 6. The van der Waals surface area contributed by atoms with Crippen molar-refractivity contribution in [3.05, 3.63) is 35.9 Å². The Morgan fingerprint density at radius 1 is 0.952 bits per heavy atom. The summed E-state index contributed by atoms with van der Waals surface area (Å²) in [7, 11) is 0. The van der Waals surface area contributed by atoms with E-state index in [4.69, 9.17) is 4.74 Å². The van der Waals surface area contributed by atoms with Gasteiger partial charge in [-0.05, 0) is 55.4 Å². The molecule has 5 N–H and O–H groups in total. The van der Waals surface area contributed by atoms with Gasteiger partial charge >= 0.3 is 6.09 Å². The molecule has 2 aliphatic carbocycles. The number of ether oxygens (including phenoxy) is 1. The maximum absolute atomic E-state index is 13.5. The zero-order chi connectivity index (χ0) is 30.7. The molecule has 2 fully saturated rings.